The highest BCUT2D eigenvalue weighted by atomic mass is 16.3. The molecule has 0 saturated carbocycles. The molecule has 3 nitrogen and oxygen atoms in total. The van der Waals surface area contributed by atoms with Crippen molar-refractivity contribution in [2.45, 2.75) is 25.9 Å². The molecule has 0 amide bonds. The molecule has 2 heterocycles. The molecule has 14 heavy (non-hydrogen) atoms. The average Bonchev–Trinajstić information content (AvgIpc) is 2.58. The summed E-state index contributed by atoms with van der Waals surface area (Å²) in [7, 11) is 0. The van der Waals surface area contributed by atoms with Crippen LogP contribution in [0, 0.1) is 0 Å². The topological polar surface area (TPSA) is 37.5 Å². The number of aliphatic hydroxyl groups excluding tert-OH is 1. The van der Waals surface area contributed by atoms with Gasteiger partial charge < -0.3 is 5.11 Å². The predicted octanol–water partition coefficient (Wildman–Crippen LogP) is 1.65. The molecule has 1 unspecified atom stereocenters. The number of hydrogen-bond acceptors (Lipinski definition) is 2. The summed E-state index contributed by atoms with van der Waals surface area (Å²) in [6.45, 7) is 1.81. The smallest absolute Gasteiger partial charge is 0.0693 e. The lowest BCUT2D eigenvalue weighted by Crippen LogP contribution is -2.01. The van der Waals surface area contributed by atoms with Crippen LogP contribution in [-0.2, 0) is 6.42 Å². The normalized spacial score (nSPS) is 13.3. The molecule has 0 saturated heterocycles. The maximum atomic E-state index is 9.20. The quantitative estimate of drug-likeness (QED) is 0.799. The molecule has 2 rings (SSSR count). The first kappa shape index (κ1) is 9.21. The fourth-order valence-corrected chi connectivity index (χ4v) is 1.54. The summed E-state index contributed by atoms with van der Waals surface area (Å²) in [5.41, 5.74) is 2.33. The molecule has 2 aromatic heterocycles. The number of aliphatic hydroxyl groups is 1. The largest absolute Gasteiger partial charge is 0.393 e. The molecule has 3 heteroatoms. The minimum atomic E-state index is -0.242. The van der Waals surface area contributed by atoms with Crippen LogP contribution >= 0.6 is 0 Å². The molecular formula is C11H14N2O. The number of aromatic nitrogens is 2. The summed E-state index contributed by atoms with van der Waals surface area (Å²) < 4.78 is 1.86. The number of pyridine rings is 1. The SMILES string of the molecule is CC(O)CCc1cnn2ccccc12. The van der Waals surface area contributed by atoms with Gasteiger partial charge in [0.25, 0.3) is 0 Å². The summed E-state index contributed by atoms with van der Waals surface area (Å²) in [6, 6.07) is 6.01. The van der Waals surface area contributed by atoms with E-state index >= 15 is 0 Å². The minimum absolute atomic E-state index is 0.242. The molecule has 74 valence electrons. The Morgan fingerprint density at radius 2 is 2.36 bits per heavy atom. The van der Waals surface area contributed by atoms with Crippen LogP contribution in [0.2, 0.25) is 0 Å². The number of aryl methyl sites for hydroxylation is 1. The summed E-state index contributed by atoms with van der Waals surface area (Å²) in [5.74, 6) is 0. The molecule has 0 spiro atoms. The monoisotopic (exact) mass is 190 g/mol. The van der Waals surface area contributed by atoms with Crippen LogP contribution in [0.5, 0.6) is 0 Å². The van der Waals surface area contributed by atoms with Gasteiger partial charge in [0.05, 0.1) is 17.8 Å². The molecule has 0 aliphatic heterocycles. The summed E-state index contributed by atoms with van der Waals surface area (Å²) in [6.07, 6.45) is 5.23. The van der Waals surface area contributed by atoms with Crippen molar-refractivity contribution in [3.8, 4) is 0 Å². The zero-order valence-corrected chi connectivity index (χ0v) is 8.22. The fraction of sp³-hybridized carbons (Fsp3) is 0.364. The van der Waals surface area contributed by atoms with Crippen LogP contribution in [0.25, 0.3) is 5.52 Å². The van der Waals surface area contributed by atoms with Gasteiger partial charge in [-0.25, -0.2) is 4.52 Å². The van der Waals surface area contributed by atoms with E-state index in [-0.39, 0.29) is 6.10 Å². The Morgan fingerprint density at radius 3 is 3.14 bits per heavy atom. The van der Waals surface area contributed by atoms with Crippen LogP contribution in [0.4, 0.5) is 0 Å². The van der Waals surface area contributed by atoms with Gasteiger partial charge in [-0.3, -0.25) is 0 Å². The van der Waals surface area contributed by atoms with Gasteiger partial charge in [-0.05, 0) is 37.5 Å². The second kappa shape index (κ2) is 3.80. The summed E-state index contributed by atoms with van der Waals surface area (Å²) in [5, 5.41) is 13.4. The van der Waals surface area contributed by atoms with Crippen molar-refractivity contribution in [3.63, 3.8) is 0 Å². The van der Waals surface area contributed by atoms with Crippen molar-refractivity contribution in [1.82, 2.24) is 9.61 Å². The van der Waals surface area contributed by atoms with Crippen LogP contribution in [-0.4, -0.2) is 20.8 Å². The number of rotatable bonds is 3. The van der Waals surface area contributed by atoms with Gasteiger partial charge in [0.2, 0.25) is 0 Å². The molecule has 0 fully saturated rings. The van der Waals surface area contributed by atoms with Gasteiger partial charge in [-0.15, -0.1) is 0 Å². The van der Waals surface area contributed by atoms with Gasteiger partial charge in [-0.1, -0.05) is 6.07 Å². The Balaban J connectivity index is 2.25. The second-order valence-corrected chi connectivity index (χ2v) is 3.59. The van der Waals surface area contributed by atoms with E-state index in [1.807, 2.05) is 42.0 Å². The molecule has 0 aliphatic rings. The van der Waals surface area contributed by atoms with Crippen LogP contribution < -0.4 is 0 Å². The Kier molecular flexibility index (Phi) is 2.50. The van der Waals surface area contributed by atoms with Gasteiger partial charge in [-0.2, -0.15) is 5.10 Å². The van der Waals surface area contributed by atoms with E-state index in [1.165, 1.54) is 5.56 Å². The maximum absolute atomic E-state index is 9.20. The van der Waals surface area contributed by atoms with E-state index in [0.717, 1.165) is 18.4 Å². The number of nitrogens with zero attached hydrogens (tertiary/aromatic N) is 2. The van der Waals surface area contributed by atoms with Crippen LogP contribution in [0.3, 0.4) is 0 Å². The Morgan fingerprint density at radius 1 is 1.50 bits per heavy atom. The molecule has 0 radical (unpaired) electrons. The molecule has 0 aliphatic carbocycles. The summed E-state index contributed by atoms with van der Waals surface area (Å²) in [4.78, 5) is 0. The third kappa shape index (κ3) is 1.77. The van der Waals surface area contributed by atoms with Crippen molar-refractivity contribution >= 4 is 5.52 Å². The van der Waals surface area contributed by atoms with Crippen LogP contribution in [0.15, 0.2) is 30.6 Å². The van der Waals surface area contributed by atoms with E-state index < -0.39 is 0 Å². The molecule has 2 aromatic rings. The van der Waals surface area contributed by atoms with Crippen molar-refractivity contribution < 1.29 is 5.11 Å². The van der Waals surface area contributed by atoms with Gasteiger partial charge in [0.1, 0.15) is 0 Å². The number of fused-ring (bicyclic) bond motifs is 1. The Hall–Kier alpha value is -1.35. The van der Waals surface area contributed by atoms with E-state index in [2.05, 4.69) is 5.10 Å². The lowest BCUT2D eigenvalue weighted by atomic mass is 10.1. The Bertz CT molecular complexity index is 420. The van der Waals surface area contributed by atoms with Gasteiger partial charge >= 0.3 is 0 Å². The summed E-state index contributed by atoms with van der Waals surface area (Å²) >= 11 is 0. The fourth-order valence-electron chi connectivity index (χ4n) is 1.54. The molecular weight excluding hydrogens is 176 g/mol. The lowest BCUT2D eigenvalue weighted by molar-refractivity contribution is 0.185. The van der Waals surface area contributed by atoms with Crippen molar-refractivity contribution in [2.24, 2.45) is 0 Å². The third-order valence-corrected chi connectivity index (χ3v) is 2.34. The standard InChI is InChI=1S/C11H14N2O/c1-9(14)5-6-10-8-12-13-7-3-2-4-11(10)13/h2-4,7-9,14H,5-6H2,1H3. The van der Waals surface area contributed by atoms with Crippen molar-refractivity contribution in [1.29, 1.82) is 0 Å². The van der Waals surface area contributed by atoms with E-state index in [0.29, 0.717) is 0 Å². The highest BCUT2D eigenvalue weighted by molar-refractivity contribution is 5.53. The van der Waals surface area contributed by atoms with E-state index in [9.17, 15) is 5.11 Å². The first-order valence-electron chi connectivity index (χ1n) is 4.86. The second-order valence-electron chi connectivity index (χ2n) is 3.59. The average molecular weight is 190 g/mol. The molecule has 1 N–H and O–H groups in total. The third-order valence-electron chi connectivity index (χ3n) is 2.34. The predicted molar refractivity (Wildman–Crippen MR) is 55.2 cm³/mol. The highest BCUT2D eigenvalue weighted by Crippen LogP contribution is 2.12. The zero-order chi connectivity index (χ0) is 9.97. The van der Waals surface area contributed by atoms with Gasteiger partial charge in [0.15, 0.2) is 0 Å². The highest BCUT2D eigenvalue weighted by Gasteiger charge is 2.04. The molecule has 1 atom stereocenters. The van der Waals surface area contributed by atoms with Crippen LogP contribution in [0.1, 0.15) is 18.9 Å². The lowest BCUT2D eigenvalue weighted by Gasteiger charge is -2.01. The molecule has 0 aromatic carbocycles. The molecule has 0 bridgehead atoms. The van der Waals surface area contributed by atoms with Crippen molar-refractivity contribution in [3.05, 3.63) is 36.2 Å². The van der Waals surface area contributed by atoms with E-state index in [4.69, 9.17) is 0 Å². The first-order valence-corrected chi connectivity index (χ1v) is 4.86. The Labute approximate surface area is 83.0 Å². The van der Waals surface area contributed by atoms with E-state index in [1.54, 1.807) is 0 Å². The van der Waals surface area contributed by atoms with Gasteiger partial charge in [0, 0.05) is 6.20 Å². The van der Waals surface area contributed by atoms with Crippen molar-refractivity contribution in [2.75, 3.05) is 0 Å². The minimum Gasteiger partial charge on any atom is -0.393 e. The maximum Gasteiger partial charge on any atom is 0.0693 e. The number of hydrogen-bond donors (Lipinski definition) is 1. The first-order chi connectivity index (χ1) is 6.77. The zero-order valence-electron chi connectivity index (χ0n) is 8.22.